The predicted molar refractivity (Wildman–Crippen MR) is 63.3 cm³/mol. The maximum absolute atomic E-state index is 12.5. The van der Waals surface area contributed by atoms with Gasteiger partial charge >= 0.3 is 12.2 Å². The number of alkyl halides is 3. The van der Waals surface area contributed by atoms with Crippen LogP contribution in [0.4, 0.5) is 23.7 Å². The van der Waals surface area contributed by atoms with E-state index < -0.39 is 17.8 Å². The molecule has 4 nitrogen and oxygen atoms in total. The molecular weight excluding hydrogens is 259 g/mol. The topological polar surface area (TPSA) is 64.9 Å². The van der Waals surface area contributed by atoms with E-state index in [1.807, 2.05) is 6.07 Å². The molecule has 0 aliphatic rings. The molecule has 102 valence electrons. The fraction of sp³-hybridized carbons (Fsp3) is 0.333. The van der Waals surface area contributed by atoms with Crippen molar-refractivity contribution < 1.29 is 18.0 Å². The quantitative estimate of drug-likeness (QED) is 0.887. The summed E-state index contributed by atoms with van der Waals surface area (Å²) < 4.78 is 37.4. The Labute approximate surface area is 108 Å². The molecule has 19 heavy (non-hydrogen) atoms. The summed E-state index contributed by atoms with van der Waals surface area (Å²) in [6.45, 7) is 1.62. The number of carbonyl (C=O) groups is 1. The van der Waals surface area contributed by atoms with E-state index in [4.69, 9.17) is 5.26 Å². The van der Waals surface area contributed by atoms with Gasteiger partial charge in [0, 0.05) is 11.7 Å². The van der Waals surface area contributed by atoms with Crippen LogP contribution in [0.2, 0.25) is 0 Å². The molecule has 1 rings (SSSR count). The van der Waals surface area contributed by atoms with Crippen molar-refractivity contribution in [3.63, 3.8) is 0 Å². The number of carbonyl (C=O) groups excluding carboxylic acids is 1. The minimum absolute atomic E-state index is 0.0384. The van der Waals surface area contributed by atoms with E-state index in [9.17, 15) is 18.0 Å². The largest absolute Gasteiger partial charge is 0.416 e. The molecule has 0 heterocycles. The normalized spacial score (nSPS) is 12.4. The molecule has 0 aromatic heterocycles. The molecule has 2 N–H and O–H groups in total. The molecule has 0 bridgehead atoms. The molecule has 0 fully saturated rings. The Morgan fingerprint density at radius 2 is 2.16 bits per heavy atom. The third-order valence-corrected chi connectivity index (χ3v) is 2.22. The van der Waals surface area contributed by atoms with Crippen molar-refractivity contribution in [1.29, 1.82) is 5.26 Å². The molecule has 0 aliphatic carbocycles. The van der Waals surface area contributed by atoms with Crippen LogP contribution in [0.15, 0.2) is 24.3 Å². The zero-order valence-corrected chi connectivity index (χ0v) is 10.1. The van der Waals surface area contributed by atoms with Crippen molar-refractivity contribution >= 4 is 11.7 Å². The van der Waals surface area contributed by atoms with Crippen LogP contribution in [0.3, 0.4) is 0 Å². The van der Waals surface area contributed by atoms with Crippen LogP contribution in [0.1, 0.15) is 18.9 Å². The summed E-state index contributed by atoms with van der Waals surface area (Å²) in [5.41, 5.74) is -0.799. The van der Waals surface area contributed by atoms with Gasteiger partial charge in [-0.25, -0.2) is 4.79 Å². The Hall–Kier alpha value is -2.23. The lowest BCUT2D eigenvalue weighted by Gasteiger charge is -2.13. The van der Waals surface area contributed by atoms with Crippen molar-refractivity contribution in [3.8, 4) is 6.07 Å². The maximum Gasteiger partial charge on any atom is 0.416 e. The average molecular weight is 271 g/mol. The van der Waals surface area contributed by atoms with Gasteiger partial charge in [-0.15, -0.1) is 0 Å². The number of rotatable bonds is 3. The highest BCUT2D eigenvalue weighted by molar-refractivity contribution is 5.89. The van der Waals surface area contributed by atoms with Crippen molar-refractivity contribution in [3.05, 3.63) is 29.8 Å². The number of urea groups is 1. The highest BCUT2D eigenvalue weighted by Crippen LogP contribution is 2.30. The van der Waals surface area contributed by atoms with Gasteiger partial charge in [-0.3, -0.25) is 0 Å². The van der Waals surface area contributed by atoms with Crippen molar-refractivity contribution in [2.24, 2.45) is 0 Å². The Balaban J connectivity index is 2.68. The van der Waals surface area contributed by atoms with Crippen molar-refractivity contribution in [2.75, 3.05) is 5.32 Å². The van der Waals surface area contributed by atoms with E-state index in [1.165, 1.54) is 12.1 Å². The van der Waals surface area contributed by atoms with E-state index >= 15 is 0 Å². The van der Waals surface area contributed by atoms with Crippen LogP contribution in [-0.4, -0.2) is 12.1 Å². The lowest BCUT2D eigenvalue weighted by molar-refractivity contribution is -0.137. The van der Waals surface area contributed by atoms with Gasteiger partial charge < -0.3 is 10.6 Å². The van der Waals surface area contributed by atoms with E-state index in [1.54, 1.807) is 6.92 Å². The Morgan fingerprint density at radius 1 is 1.47 bits per heavy atom. The molecule has 7 heteroatoms. The standard InChI is InChI=1S/C12H12F3N3O/c1-8(5-6-16)17-11(19)18-10-4-2-3-9(7-10)12(13,14)15/h2-4,7-8H,5H2,1H3,(H2,17,18,19). The van der Waals surface area contributed by atoms with Gasteiger partial charge in [-0.05, 0) is 25.1 Å². The predicted octanol–water partition coefficient (Wildman–Crippen LogP) is 3.13. The number of nitrogens with zero attached hydrogens (tertiary/aromatic N) is 1. The third kappa shape index (κ3) is 4.87. The molecule has 0 saturated heterocycles. The Kier molecular flexibility index (Phi) is 4.75. The van der Waals surface area contributed by atoms with Gasteiger partial charge in [-0.2, -0.15) is 18.4 Å². The van der Waals surface area contributed by atoms with E-state index in [-0.39, 0.29) is 18.2 Å². The van der Waals surface area contributed by atoms with Crippen LogP contribution in [0.25, 0.3) is 0 Å². The molecule has 1 unspecified atom stereocenters. The first kappa shape index (κ1) is 14.8. The number of halogens is 3. The second-order valence-corrected chi connectivity index (χ2v) is 3.94. The first-order chi connectivity index (χ1) is 8.82. The Morgan fingerprint density at radius 3 is 2.74 bits per heavy atom. The second kappa shape index (κ2) is 6.09. The zero-order chi connectivity index (χ0) is 14.5. The van der Waals surface area contributed by atoms with E-state index in [0.29, 0.717) is 0 Å². The van der Waals surface area contributed by atoms with Gasteiger partial charge in [0.05, 0.1) is 18.1 Å². The van der Waals surface area contributed by atoms with Crippen molar-refractivity contribution in [2.45, 2.75) is 25.6 Å². The third-order valence-electron chi connectivity index (χ3n) is 2.22. The molecule has 0 spiro atoms. The number of amides is 2. The van der Waals surface area contributed by atoms with Gasteiger partial charge in [0.1, 0.15) is 0 Å². The summed E-state index contributed by atoms with van der Waals surface area (Å²) in [7, 11) is 0. The van der Waals surface area contributed by atoms with Crippen molar-refractivity contribution in [1.82, 2.24) is 5.32 Å². The summed E-state index contributed by atoms with van der Waals surface area (Å²) in [4.78, 5) is 11.4. The summed E-state index contributed by atoms with van der Waals surface area (Å²) in [6.07, 6.45) is -4.34. The smallest absolute Gasteiger partial charge is 0.334 e. The summed E-state index contributed by atoms with van der Waals surface area (Å²) in [5.74, 6) is 0. The maximum atomic E-state index is 12.5. The summed E-state index contributed by atoms with van der Waals surface area (Å²) in [6, 6.07) is 5.16. The fourth-order valence-corrected chi connectivity index (χ4v) is 1.35. The van der Waals surface area contributed by atoms with Crippen LogP contribution in [0, 0.1) is 11.3 Å². The highest BCUT2D eigenvalue weighted by Gasteiger charge is 2.30. The molecule has 1 aromatic carbocycles. The number of anilines is 1. The second-order valence-electron chi connectivity index (χ2n) is 3.94. The molecule has 0 radical (unpaired) electrons. The number of nitriles is 1. The van der Waals surface area contributed by atoms with E-state index in [0.717, 1.165) is 12.1 Å². The minimum atomic E-state index is -4.46. The van der Waals surface area contributed by atoms with Gasteiger partial charge in [0.25, 0.3) is 0 Å². The Bertz CT molecular complexity index is 494. The lowest BCUT2D eigenvalue weighted by atomic mass is 10.2. The monoisotopic (exact) mass is 271 g/mol. The van der Waals surface area contributed by atoms with Crippen LogP contribution in [-0.2, 0) is 6.18 Å². The van der Waals surface area contributed by atoms with Crippen LogP contribution >= 0.6 is 0 Å². The van der Waals surface area contributed by atoms with E-state index in [2.05, 4.69) is 10.6 Å². The number of benzene rings is 1. The molecule has 0 saturated carbocycles. The number of hydrogen-bond donors (Lipinski definition) is 2. The fourth-order valence-electron chi connectivity index (χ4n) is 1.35. The number of hydrogen-bond acceptors (Lipinski definition) is 2. The molecular formula is C12H12F3N3O. The van der Waals surface area contributed by atoms with Gasteiger partial charge in [-0.1, -0.05) is 6.07 Å². The summed E-state index contributed by atoms with van der Waals surface area (Å²) in [5, 5.41) is 13.1. The zero-order valence-electron chi connectivity index (χ0n) is 10.1. The van der Waals surface area contributed by atoms with Gasteiger partial charge in [0.2, 0.25) is 0 Å². The lowest BCUT2D eigenvalue weighted by Crippen LogP contribution is -2.35. The molecule has 2 amide bonds. The molecule has 0 aliphatic heterocycles. The van der Waals surface area contributed by atoms with Crippen LogP contribution in [0.5, 0.6) is 0 Å². The SMILES string of the molecule is CC(CC#N)NC(=O)Nc1cccc(C(F)(F)F)c1. The molecule has 1 aromatic rings. The van der Waals surface area contributed by atoms with Gasteiger partial charge in [0.15, 0.2) is 0 Å². The highest BCUT2D eigenvalue weighted by atomic mass is 19.4. The average Bonchev–Trinajstić information content (AvgIpc) is 2.28. The summed E-state index contributed by atoms with van der Waals surface area (Å²) >= 11 is 0. The first-order valence-corrected chi connectivity index (χ1v) is 5.44. The first-order valence-electron chi connectivity index (χ1n) is 5.44. The molecule has 1 atom stereocenters. The number of nitrogens with one attached hydrogen (secondary N) is 2. The minimum Gasteiger partial charge on any atom is -0.334 e. The van der Waals surface area contributed by atoms with Crippen LogP contribution < -0.4 is 10.6 Å².